The molecule has 4 heteroatoms. The topological polar surface area (TPSA) is 59.6 Å². The normalized spacial score (nSPS) is 32.8. The fourth-order valence-corrected chi connectivity index (χ4v) is 1.11. The molecular weight excluding hydrogens is 142 g/mol. The maximum Gasteiger partial charge on any atom is 0.189 e. The van der Waals surface area contributed by atoms with E-state index in [0.717, 1.165) is 0 Å². The Balaban J connectivity index is 2.58. The molecular formula is C7H15N3O. The first-order valence-corrected chi connectivity index (χ1v) is 3.69. The van der Waals surface area contributed by atoms with Crippen molar-refractivity contribution in [2.45, 2.75) is 25.5 Å². The molecule has 0 amide bonds. The van der Waals surface area contributed by atoms with Gasteiger partial charge in [-0.05, 0) is 13.8 Å². The number of hydrogen-bond acceptors (Lipinski definition) is 4. The van der Waals surface area contributed by atoms with Crippen LogP contribution in [0.3, 0.4) is 0 Å². The lowest BCUT2D eigenvalue weighted by atomic mass is 9.97. The Morgan fingerprint density at radius 3 is 2.82 bits per heavy atom. The number of nitrogens with one attached hydrogen (secondary N) is 1. The minimum atomic E-state index is -0.126. The van der Waals surface area contributed by atoms with E-state index in [2.05, 4.69) is 10.3 Å². The number of nitrogens with zero attached hydrogens (tertiary/aromatic N) is 1. The van der Waals surface area contributed by atoms with Crippen LogP contribution < -0.4 is 11.1 Å². The van der Waals surface area contributed by atoms with Crippen LogP contribution in [0.4, 0.5) is 0 Å². The second-order valence-electron chi connectivity index (χ2n) is 3.12. The maximum absolute atomic E-state index is 5.49. The maximum atomic E-state index is 5.49. The molecule has 0 aliphatic carbocycles. The van der Waals surface area contributed by atoms with Crippen LogP contribution in [0.2, 0.25) is 0 Å². The monoisotopic (exact) mass is 157 g/mol. The highest BCUT2D eigenvalue weighted by Crippen LogP contribution is 2.16. The summed E-state index contributed by atoms with van der Waals surface area (Å²) in [6.45, 7) is 4.74. The van der Waals surface area contributed by atoms with Crippen molar-refractivity contribution < 1.29 is 4.74 Å². The highest BCUT2D eigenvalue weighted by Gasteiger charge is 2.35. The highest BCUT2D eigenvalue weighted by atomic mass is 16.5. The predicted octanol–water partition coefficient (Wildman–Crippen LogP) is -0.302. The number of methoxy groups -OCH3 is 1. The SMILES string of the molecule is COC(C)C1(C)CN=C(N)N1. The fourth-order valence-electron chi connectivity index (χ4n) is 1.11. The van der Waals surface area contributed by atoms with E-state index >= 15 is 0 Å². The Labute approximate surface area is 66.8 Å². The lowest BCUT2D eigenvalue weighted by Crippen LogP contribution is -2.53. The molecule has 0 saturated carbocycles. The standard InChI is InChI=1S/C7H15N3O/c1-5(11-3)7(2)4-9-6(8)10-7/h5H,4H2,1-3H3,(H3,8,9,10). The zero-order valence-corrected chi connectivity index (χ0v) is 7.22. The Bertz CT molecular complexity index is 181. The molecule has 3 N–H and O–H groups in total. The van der Waals surface area contributed by atoms with Gasteiger partial charge >= 0.3 is 0 Å². The van der Waals surface area contributed by atoms with Crippen LogP contribution in [0.5, 0.6) is 0 Å². The number of hydrogen-bond donors (Lipinski definition) is 2. The Morgan fingerprint density at radius 2 is 2.45 bits per heavy atom. The summed E-state index contributed by atoms with van der Waals surface area (Å²) in [7, 11) is 1.69. The number of ether oxygens (including phenoxy) is 1. The molecule has 0 aromatic carbocycles. The molecule has 0 fully saturated rings. The first-order valence-electron chi connectivity index (χ1n) is 3.69. The van der Waals surface area contributed by atoms with E-state index in [1.54, 1.807) is 7.11 Å². The van der Waals surface area contributed by atoms with Crippen LogP contribution in [0.15, 0.2) is 4.99 Å². The molecule has 2 atom stereocenters. The van der Waals surface area contributed by atoms with Crippen molar-refractivity contribution in [1.82, 2.24) is 5.32 Å². The van der Waals surface area contributed by atoms with Crippen LogP contribution in [-0.2, 0) is 4.74 Å². The third kappa shape index (κ3) is 1.45. The average Bonchev–Trinajstić information content (AvgIpc) is 2.31. The van der Waals surface area contributed by atoms with E-state index in [0.29, 0.717) is 12.5 Å². The van der Waals surface area contributed by atoms with Gasteiger partial charge in [0.2, 0.25) is 0 Å². The zero-order valence-electron chi connectivity index (χ0n) is 7.22. The van der Waals surface area contributed by atoms with E-state index in [1.807, 2.05) is 13.8 Å². The smallest absolute Gasteiger partial charge is 0.189 e. The van der Waals surface area contributed by atoms with Gasteiger partial charge in [0.15, 0.2) is 5.96 Å². The zero-order chi connectivity index (χ0) is 8.48. The van der Waals surface area contributed by atoms with Gasteiger partial charge in [-0.2, -0.15) is 0 Å². The number of rotatable bonds is 2. The molecule has 1 aliphatic heterocycles. The van der Waals surface area contributed by atoms with Crippen molar-refractivity contribution in [3.8, 4) is 0 Å². The van der Waals surface area contributed by atoms with Gasteiger partial charge in [0.25, 0.3) is 0 Å². The van der Waals surface area contributed by atoms with Gasteiger partial charge < -0.3 is 15.8 Å². The second-order valence-corrected chi connectivity index (χ2v) is 3.12. The van der Waals surface area contributed by atoms with Crippen LogP contribution in [0.25, 0.3) is 0 Å². The molecule has 0 radical (unpaired) electrons. The van der Waals surface area contributed by atoms with Gasteiger partial charge in [-0.15, -0.1) is 0 Å². The van der Waals surface area contributed by atoms with Crippen molar-refractivity contribution >= 4 is 5.96 Å². The van der Waals surface area contributed by atoms with Crippen molar-refractivity contribution in [3.63, 3.8) is 0 Å². The van der Waals surface area contributed by atoms with Crippen molar-refractivity contribution in [2.24, 2.45) is 10.7 Å². The first-order chi connectivity index (χ1) is 5.08. The molecule has 64 valence electrons. The van der Waals surface area contributed by atoms with E-state index < -0.39 is 0 Å². The molecule has 0 aromatic rings. The lowest BCUT2D eigenvalue weighted by molar-refractivity contribution is 0.0551. The quantitative estimate of drug-likeness (QED) is 0.578. The Kier molecular flexibility index (Phi) is 2.04. The summed E-state index contributed by atoms with van der Waals surface area (Å²) in [6.07, 6.45) is 0.118. The molecule has 1 heterocycles. The van der Waals surface area contributed by atoms with Gasteiger partial charge in [-0.1, -0.05) is 0 Å². The van der Waals surface area contributed by atoms with Crippen LogP contribution >= 0.6 is 0 Å². The predicted molar refractivity (Wildman–Crippen MR) is 44.5 cm³/mol. The fraction of sp³-hybridized carbons (Fsp3) is 0.857. The van der Waals surface area contributed by atoms with Gasteiger partial charge in [-0.25, -0.2) is 0 Å². The van der Waals surface area contributed by atoms with Gasteiger partial charge in [0, 0.05) is 7.11 Å². The molecule has 0 bridgehead atoms. The largest absolute Gasteiger partial charge is 0.379 e. The van der Waals surface area contributed by atoms with Crippen molar-refractivity contribution in [3.05, 3.63) is 0 Å². The van der Waals surface area contributed by atoms with Crippen LogP contribution in [0.1, 0.15) is 13.8 Å². The summed E-state index contributed by atoms with van der Waals surface area (Å²) in [6, 6.07) is 0. The van der Waals surface area contributed by atoms with E-state index in [1.165, 1.54) is 0 Å². The molecule has 0 spiro atoms. The minimum Gasteiger partial charge on any atom is -0.379 e. The Hall–Kier alpha value is -0.770. The summed E-state index contributed by atoms with van der Waals surface area (Å²) < 4.78 is 5.19. The third-order valence-electron chi connectivity index (χ3n) is 2.24. The molecule has 4 nitrogen and oxygen atoms in total. The van der Waals surface area contributed by atoms with Crippen LogP contribution in [-0.4, -0.2) is 31.3 Å². The van der Waals surface area contributed by atoms with Gasteiger partial charge in [0.05, 0.1) is 18.2 Å². The molecule has 0 aromatic heterocycles. The van der Waals surface area contributed by atoms with Crippen molar-refractivity contribution in [2.75, 3.05) is 13.7 Å². The molecule has 2 unspecified atom stereocenters. The number of nitrogens with two attached hydrogens (primary N) is 1. The van der Waals surface area contributed by atoms with Crippen molar-refractivity contribution in [1.29, 1.82) is 0 Å². The summed E-state index contributed by atoms with van der Waals surface area (Å²) in [4.78, 5) is 4.06. The van der Waals surface area contributed by atoms with E-state index in [9.17, 15) is 0 Å². The molecule has 0 saturated heterocycles. The number of aliphatic imine (C=N–C) groups is 1. The molecule has 1 rings (SSSR count). The first kappa shape index (κ1) is 8.33. The summed E-state index contributed by atoms with van der Waals surface area (Å²) in [5.41, 5.74) is 5.36. The van der Waals surface area contributed by atoms with Gasteiger partial charge in [0.1, 0.15) is 0 Å². The van der Waals surface area contributed by atoms with E-state index in [-0.39, 0.29) is 11.6 Å². The molecule has 1 aliphatic rings. The minimum absolute atomic E-state index is 0.118. The highest BCUT2D eigenvalue weighted by molar-refractivity contribution is 5.80. The summed E-state index contributed by atoms with van der Waals surface area (Å²) >= 11 is 0. The van der Waals surface area contributed by atoms with Crippen LogP contribution in [0, 0.1) is 0 Å². The summed E-state index contributed by atoms with van der Waals surface area (Å²) in [5.74, 6) is 0.511. The Morgan fingerprint density at radius 1 is 1.82 bits per heavy atom. The summed E-state index contributed by atoms with van der Waals surface area (Å²) in [5, 5.41) is 3.08. The van der Waals surface area contributed by atoms with E-state index in [4.69, 9.17) is 10.5 Å². The average molecular weight is 157 g/mol. The third-order valence-corrected chi connectivity index (χ3v) is 2.24. The lowest BCUT2D eigenvalue weighted by Gasteiger charge is -2.29. The molecule has 11 heavy (non-hydrogen) atoms. The van der Waals surface area contributed by atoms with Gasteiger partial charge in [-0.3, -0.25) is 4.99 Å². The second kappa shape index (κ2) is 2.70. The number of guanidine groups is 1.